The normalized spacial score (nSPS) is 18.3. The first-order valence-electron chi connectivity index (χ1n) is 7.40. The molecule has 1 aromatic rings. The smallest absolute Gasteiger partial charge is 0.224 e. The number of para-hydroxylation sites is 1. The zero-order valence-corrected chi connectivity index (χ0v) is 12.8. The van der Waals surface area contributed by atoms with Gasteiger partial charge in [0.15, 0.2) is 0 Å². The van der Waals surface area contributed by atoms with Crippen molar-refractivity contribution in [1.29, 1.82) is 0 Å². The number of aryl methyl sites for hydroxylation is 1. The largest absolute Gasteiger partial charge is 0.491 e. The van der Waals surface area contributed by atoms with E-state index in [9.17, 15) is 4.79 Å². The van der Waals surface area contributed by atoms with Crippen LogP contribution in [-0.4, -0.2) is 56.8 Å². The molecule has 0 aliphatic carbocycles. The summed E-state index contributed by atoms with van der Waals surface area (Å²) in [5.41, 5.74) is 1.11. The molecule has 0 bridgehead atoms. The zero-order valence-electron chi connectivity index (χ0n) is 12.8. The van der Waals surface area contributed by atoms with Crippen molar-refractivity contribution in [2.75, 3.05) is 40.0 Å². The van der Waals surface area contributed by atoms with Gasteiger partial charge in [0, 0.05) is 26.1 Å². The summed E-state index contributed by atoms with van der Waals surface area (Å²) in [5, 5.41) is 3.29. The fraction of sp³-hybridized carbons (Fsp3) is 0.562. The monoisotopic (exact) mass is 292 g/mol. The Morgan fingerprint density at radius 1 is 1.48 bits per heavy atom. The molecule has 0 radical (unpaired) electrons. The topological polar surface area (TPSA) is 50.8 Å². The van der Waals surface area contributed by atoms with Gasteiger partial charge in [-0.2, -0.15) is 0 Å². The molecule has 1 amide bonds. The molecular formula is C16H24N2O3. The first-order chi connectivity index (χ1) is 10.2. The van der Waals surface area contributed by atoms with Gasteiger partial charge < -0.3 is 19.7 Å². The summed E-state index contributed by atoms with van der Waals surface area (Å²) in [6.45, 7) is 5.25. The van der Waals surface area contributed by atoms with E-state index in [1.54, 1.807) is 4.90 Å². The molecule has 5 heteroatoms. The van der Waals surface area contributed by atoms with Crippen molar-refractivity contribution in [2.45, 2.75) is 19.4 Å². The summed E-state index contributed by atoms with van der Waals surface area (Å²) in [7, 11) is 1.81. The summed E-state index contributed by atoms with van der Waals surface area (Å²) in [6.07, 6.45) is 0.473. The van der Waals surface area contributed by atoms with Crippen molar-refractivity contribution in [1.82, 2.24) is 10.2 Å². The standard InChI is InChI=1S/C16H24N2O3/c1-13-5-3-4-6-15(13)21-10-8-18(2)16(19)11-14-12-20-9-7-17-14/h3-6,14,17H,7-12H2,1-2H3. The number of nitrogens with zero attached hydrogens (tertiary/aromatic N) is 1. The second-order valence-electron chi connectivity index (χ2n) is 5.36. The number of morpholine rings is 1. The molecule has 1 N–H and O–H groups in total. The number of benzene rings is 1. The quantitative estimate of drug-likeness (QED) is 0.856. The fourth-order valence-electron chi connectivity index (χ4n) is 2.25. The number of likely N-dealkylation sites (N-methyl/N-ethyl adjacent to an activating group) is 1. The fourth-order valence-corrected chi connectivity index (χ4v) is 2.25. The van der Waals surface area contributed by atoms with E-state index in [-0.39, 0.29) is 11.9 Å². The number of rotatable bonds is 6. The van der Waals surface area contributed by atoms with Crippen LogP contribution in [0.5, 0.6) is 5.75 Å². The number of carbonyl (C=O) groups excluding carboxylic acids is 1. The third-order valence-corrected chi connectivity index (χ3v) is 3.62. The van der Waals surface area contributed by atoms with Gasteiger partial charge in [-0.25, -0.2) is 0 Å². The number of hydrogen-bond donors (Lipinski definition) is 1. The van der Waals surface area contributed by atoms with Gasteiger partial charge in [-0.3, -0.25) is 4.79 Å². The summed E-state index contributed by atoms with van der Waals surface area (Å²) in [5.74, 6) is 0.993. The molecule has 21 heavy (non-hydrogen) atoms. The van der Waals surface area contributed by atoms with Crippen LogP contribution in [0.3, 0.4) is 0 Å². The third-order valence-electron chi connectivity index (χ3n) is 3.62. The van der Waals surface area contributed by atoms with Crippen LogP contribution in [0.4, 0.5) is 0 Å². The van der Waals surface area contributed by atoms with Gasteiger partial charge in [-0.1, -0.05) is 18.2 Å². The van der Waals surface area contributed by atoms with Crippen LogP contribution >= 0.6 is 0 Å². The minimum atomic E-state index is 0.117. The molecule has 1 fully saturated rings. The first-order valence-corrected chi connectivity index (χ1v) is 7.40. The summed E-state index contributed by atoms with van der Waals surface area (Å²) >= 11 is 0. The Morgan fingerprint density at radius 2 is 2.29 bits per heavy atom. The predicted octanol–water partition coefficient (Wildman–Crippen LogP) is 1.21. The summed E-state index contributed by atoms with van der Waals surface area (Å²) in [4.78, 5) is 13.8. The molecular weight excluding hydrogens is 268 g/mol. The van der Waals surface area contributed by atoms with Crippen LogP contribution < -0.4 is 10.1 Å². The Labute approximate surface area is 126 Å². The summed E-state index contributed by atoms with van der Waals surface area (Å²) in [6, 6.07) is 8.02. The summed E-state index contributed by atoms with van der Waals surface area (Å²) < 4.78 is 11.1. The molecule has 0 aromatic heterocycles. The van der Waals surface area contributed by atoms with Crippen LogP contribution in [-0.2, 0) is 9.53 Å². The molecule has 1 aliphatic heterocycles. The highest BCUT2D eigenvalue weighted by molar-refractivity contribution is 5.76. The van der Waals surface area contributed by atoms with E-state index in [0.29, 0.717) is 26.2 Å². The molecule has 5 nitrogen and oxygen atoms in total. The second-order valence-corrected chi connectivity index (χ2v) is 5.36. The molecule has 1 saturated heterocycles. The number of hydrogen-bond acceptors (Lipinski definition) is 4. The molecule has 1 unspecified atom stereocenters. The third kappa shape index (κ3) is 5.02. The van der Waals surface area contributed by atoms with Gasteiger partial charge in [-0.15, -0.1) is 0 Å². The molecule has 1 atom stereocenters. The Morgan fingerprint density at radius 3 is 3.00 bits per heavy atom. The molecule has 0 saturated carbocycles. The average Bonchev–Trinajstić information content (AvgIpc) is 2.50. The van der Waals surface area contributed by atoms with Crippen LogP contribution in [0.15, 0.2) is 24.3 Å². The lowest BCUT2D eigenvalue weighted by Crippen LogP contribution is -2.45. The SMILES string of the molecule is Cc1ccccc1OCCN(C)C(=O)CC1COCCN1. The zero-order chi connectivity index (χ0) is 15.1. The number of ether oxygens (including phenoxy) is 2. The van der Waals surface area contributed by atoms with E-state index in [0.717, 1.165) is 24.5 Å². The van der Waals surface area contributed by atoms with E-state index in [2.05, 4.69) is 5.32 Å². The van der Waals surface area contributed by atoms with Gasteiger partial charge in [-0.05, 0) is 18.6 Å². The Bertz CT molecular complexity index is 459. The maximum atomic E-state index is 12.1. The van der Waals surface area contributed by atoms with Crippen molar-refractivity contribution < 1.29 is 14.3 Å². The molecule has 0 spiro atoms. The maximum Gasteiger partial charge on any atom is 0.224 e. The number of amides is 1. The molecule has 116 valence electrons. The minimum Gasteiger partial charge on any atom is -0.491 e. The van der Waals surface area contributed by atoms with Crippen LogP contribution in [0.2, 0.25) is 0 Å². The van der Waals surface area contributed by atoms with Gasteiger partial charge in [0.1, 0.15) is 12.4 Å². The van der Waals surface area contributed by atoms with Crippen LogP contribution in [0, 0.1) is 6.92 Å². The van der Waals surface area contributed by atoms with E-state index >= 15 is 0 Å². The molecule has 1 heterocycles. The number of nitrogens with one attached hydrogen (secondary N) is 1. The van der Waals surface area contributed by atoms with Crippen molar-refractivity contribution in [3.05, 3.63) is 29.8 Å². The lowest BCUT2D eigenvalue weighted by Gasteiger charge is -2.25. The van der Waals surface area contributed by atoms with Crippen LogP contribution in [0.25, 0.3) is 0 Å². The first kappa shape index (κ1) is 15.8. The van der Waals surface area contributed by atoms with Crippen molar-refractivity contribution in [3.8, 4) is 5.75 Å². The van der Waals surface area contributed by atoms with Crippen LogP contribution in [0.1, 0.15) is 12.0 Å². The van der Waals surface area contributed by atoms with E-state index in [1.165, 1.54) is 0 Å². The highest BCUT2D eigenvalue weighted by atomic mass is 16.5. The van der Waals surface area contributed by atoms with Crippen molar-refractivity contribution >= 4 is 5.91 Å². The van der Waals surface area contributed by atoms with E-state index < -0.39 is 0 Å². The van der Waals surface area contributed by atoms with Gasteiger partial charge >= 0.3 is 0 Å². The molecule has 1 aromatic carbocycles. The maximum absolute atomic E-state index is 12.1. The van der Waals surface area contributed by atoms with Crippen molar-refractivity contribution in [2.24, 2.45) is 0 Å². The van der Waals surface area contributed by atoms with Gasteiger partial charge in [0.25, 0.3) is 0 Å². The lowest BCUT2D eigenvalue weighted by molar-refractivity contribution is -0.131. The number of carbonyl (C=O) groups is 1. The van der Waals surface area contributed by atoms with Crippen molar-refractivity contribution in [3.63, 3.8) is 0 Å². The van der Waals surface area contributed by atoms with E-state index in [1.807, 2.05) is 38.2 Å². The Hall–Kier alpha value is -1.59. The Kier molecular flexibility index (Phi) is 6.02. The van der Waals surface area contributed by atoms with Gasteiger partial charge in [0.2, 0.25) is 5.91 Å². The van der Waals surface area contributed by atoms with E-state index in [4.69, 9.17) is 9.47 Å². The highest BCUT2D eigenvalue weighted by Crippen LogP contribution is 2.15. The molecule has 1 aliphatic rings. The Balaban J connectivity index is 1.70. The molecule has 2 rings (SSSR count). The minimum absolute atomic E-state index is 0.117. The lowest BCUT2D eigenvalue weighted by atomic mass is 10.2. The average molecular weight is 292 g/mol. The highest BCUT2D eigenvalue weighted by Gasteiger charge is 2.19. The second kappa shape index (κ2) is 8.00. The predicted molar refractivity (Wildman–Crippen MR) is 81.5 cm³/mol. The van der Waals surface area contributed by atoms with Gasteiger partial charge in [0.05, 0.1) is 19.8 Å².